The fourth-order valence-corrected chi connectivity index (χ4v) is 3.93. The number of halogens is 1. The summed E-state index contributed by atoms with van der Waals surface area (Å²) in [7, 11) is 0. The van der Waals surface area contributed by atoms with E-state index >= 15 is 0 Å². The molecule has 0 saturated carbocycles. The SMILES string of the molecule is CCC(CC)n1ncc(C)c1NC(=O)CC1=CSC2=NCCN12.Cl. The number of amides is 1. The monoisotopic (exact) mass is 369 g/mol. The maximum absolute atomic E-state index is 12.5. The van der Waals surface area contributed by atoms with Crippen molar-refractivity contribution in [1.29, 1.82) is 0 Å². The Kier molecular flexibility index (Phi) is 6.34. The van der Waals surface area contributed by atoms with Crippen LogP contribution in [0.25, 0.3) is 0 Å². The third kappa shape index (κ3) is 3.62. The standard InChI is InChI=1S/C16H23N5OS.ClH/c1-4-12(5-2)21-15(11(3)9-18-21)19-14(22)8-13-10-23-16-17-6-7-20(13)16;/h9-10,12H,4-8H2,1-3H3,(H,19,22);1H. The van der Waals surface area contributed by atoms with E-state index in [2.05, 4.69) is 34.2 Å². The maximum Gasteiger partial charge on any atom is 0.231 e. The minimum absolute atomic E-state index is 0. The highest BCUT2D eigenvalue weighted by molar-refractivity contribution is 8.16. The number of anilines is 1. The molecule has 1 aromatic rings. The molecule has 3 heterocycles. The van der Waals surface area contributed by atoms with Crippen LogP contribution in [0.1, 0.15) is 44.7 Å². The van der Waals surface area contributed by atoms with Gasteiger partial charge in [-0.05, 0) is 25.2 Å². The van der Waals surface area contributed by atoms with Crippen molar-refractivity contribution in [3.8, 4) is 0 Å². The summed E-state index contributed by atoms with van der Waals surface area (Å²) in [5.74, 6) is 0.825. The molecule has 0 unspecified atom stereocenters. The van der Waals surface area contributed by atoms with E-state index in [9.17, 15) is 4.79 Å². The molecule has 0 atom stereocenters. The van der Waals surface area contributed by atoms with E-state index in [1.165, 1.54) is 0 Å². The summed E-state index contributed by atoms with van der Waals surface area (Å²) in [5.41, 5.74) is 2.04. The smallest absolute Gasteiger partial charge is 0.231 e. The van der Waals surface area contributed by atoms with Gasteiger partial charge >= 0.3 is 0 Å². The minimum Gasteiger partial charge on any atom is -0.322 e. The van der Waals surface area contributed by atoms with E-state index in [1.54, 1.807) is 11.8 Å². The normalized spacial score (nSPS) is 15.9. The highest BCUT2D eigenvalue weighted by atomic mass is 35.5. The second kappa shape index (κ2) is 8.07. The van der Waals surface area contributed by atoms with Gasteiger partial charge in [-0.25, -0.2) is 4.68 Å². The van der Waals surface area contributed by atoms with Crippen LogP contribution < -0.4 is 5.32 Å². The van der Waals surface area contributed by atoms with Crippen LogP contribution in [0.2, 0.25) is 0 Å². The van der Waals surface area contributed by atoms with Gasteiger partial charge < -0.3 is 10.2 Å². The molecule has 2 aliphatic heterocycles. The van der Waals surface area contributed by atoms with Gasteiger partial charge in [0.2, 0.25) is 5.91 Å². The summed E-state index contributed by atoms with van der Waals surface area (Å²) < 4.78 is 1.95. The molecular formula is C16H24ClN5OS. The minimum atomic E-state index is 0. The Morgan fingerprint density at radius 2 is 2.17 bits per heavy atom. The van der Waals surface area contributed by atoms with Crippen molar-refractivity contribution in [2.45, 2.75) is 46.1 Å². The first kappa shape index (κ1) is 18.9. The number of rotatable bonds is 6. The number of hydrogen-bond donors (Lipinski definition) is 1. The van der Waals surface area contributed by atoms with Crippen molar-refractivity contribution in [3.63, 3.8) is 0 Å². The molecule has 132 valence electrons. The molecule has 2 aliphatic rings. The Balaban J connectivity index is 0.00000208. The fraction of sp³-hybridized carbons (Fsp3) is 0.562. The average Bonchev–Trinajstić information content (AvgIpc) is 3.22. The first-order valence-electron chi connectivity index (χ1n) is 8.15. The molecule has 0 radical (unpaired) electrons. The second-order valence-corrected chi connectivity index (χ2v) is 6.70. The number of amidine groups is 1. The van der Waals surface area contributed by atoms with Gasteiger partial charge in [0, 0.05) is 17.8 Å². The van der Waals surface area contributed by atoms with Crippen molar-refractivity contribution >= 4 is 41.1 Å². The van der Waals surface area contributed by atoms with Crippen LogP contribution in [0.4, 0.5) is 5.82 Å². The van der Waals surface area contributed by atoms with Crippen molar-refractivity contribution in [2.75, 3.05) is 18.4 Å². The number of aromatic nitrogens is 2. The van der Waals surface area contributed by atoms with E-state index in [4.69, 9.17) is 0 Å². The molecule has 3 rings (SSSR count). The zero-order chi connectivity index (χ0) is 16.4. The zero-order valence-electron chi connectivity index (χ0n) is 14.3. The predicted molar refractivity (Wildman–Crippen MR) is 102 cm³/mol. The van der Waals surface area contributed by atoms with E-state index in [0.717, 1.165) is 48.2 Å². The van der Waals surface area contributed by atoms with Crippen LogP contribution >= 0.6 is 24.2 Å². The summed E-state index contributed by atoms with van der Waals surface area (Å²) in [5, 5.41) is 10.6. The number of aryl methyl sites for hydroxylation is 1. The molecule has 1 amide bonds. The van der Waals surface area contributed by atoms with Gasteiger partial charge in [-0.1, -0.05) is 25.6 Å². The van der Waals surface area contributed by atoms with Gasteiger partial charge in [-0.3, -0.25) is 9.79 Å². The molecule has 1 N–H and O–H groups in total. The molecular weight excluding hydrogens is 346 g/mol. The van der Waals surface area contributed by atoms with E-state index in [-0.39, 0.29) is 18.3 Å². The van der Waals surface area contributed by atoms with Crippen LogP contribution in [-0.4, -0.2) is 38.8 Å². The number of hydrogen-bond acceptors (Lipinski definition) is 5. The third-order valence-electron chi connectivity index (χ3n) is 4.31. The first-order chi connectivity index (χ1) is 11.1. The molecule has 0 aliphatic carbocycles. The van der Waals surface area contributed by atoms with Gasteiger partial charge in [-0.15, -0.1) is 12.4 Å². The van der Waals surface area contributed by atoms with Crippen LogP contribution in [-0.2, 0) is 4.79 Å². The predicted octanol–water partition coefficient (Wildman–Crippen LogP) is 3.56. The third-order valence-corrected chi connectivity index (χ3v) is 5.27. The van der Waals surface area contributed by atoms with E-state index in [0.29, 0.717) is 12.5 Å². The Hall–Kier alpha value is -1.47. The van der Waals surface area contributed by atoms with Crippen molar-refractivity contribution in [2.24, 2.45) is 4.99 Å². The van der Waals surface area contributed by atoms with Crippen molar-refractivity contribution in [1.82, 2.24) is 14.7 Å². The lowest BCUT2D eigenvalue weighted by molar-refractivity contribution is -0.115. The number of fused-ring (bicyclic) bond motifs is 1. The molecule has 1 aromatic heterocycles. The van der Waals surface area contributed by atoms with Crippen LogP contribution in [0.5, 0.6) is 0 Å². The summed E-state index contributed by atoms with van der Waals surface area (Å²) >= 11 is 1.61. The molecule has 0 bridgehead atoms. The Bertz CT molecular complexity index is 665. The number of carbonyl (C=O) groups is 1. The van der Waals surface area contributed by atoms with Gasteiger partial charge in [-0.2, -0.15) is 5.10 Å². The molecule has 0 saturated heterocycles. The maximum atomic E-state index is 12.5. The van der Waals surface area contributed by atoms with Gasteiger partial charge in [0.05, 0.1) is 25.2 Å². The molecule has 0 spiro atoms. The first-order valence-corrected chi connectivity index (χ1v) is 9.03. The second-order valence-electron chi connectivity index (χ2n) is 5.86. The quantitative estimate of drug-likeness (QED) is 0.832. The molecule has 24 heavy (non-hydrogen) atoms. The number of nitrogens with zero attached hydrogens (tertiary/aromatic N) is 4. The van der Waals surface area contributed by atoms with Crippen LogP contribution in [0.3, 0.4) is 0 Å². The molecule has 0 aromatic carbocycles. The van der Waals surface area contributed by atoms with E-state index < -0.39 is 0 Å². The lowest BCUT2D eigenvalue weighted by Crippen LogP contribution is -2.25. The highest BCUT2D eigenvalue weighted by Crippen LogP contribution is 2.31. The van der Waals surface area contributed by atoms with E-state index in [1.807, 2.05) is 23.2 Å². The number of nitrogens with one attached hydrogen (secondary N) is 1. The number of carbonyl (C=O) groups excluding carboxylic acids is 1. The number of thioether (sulfide) groups is 1. The van der Waals surface area contributed by atoms with Gasteiger partial charge in [0.1, 0.15) is 5.82 Å². The van der Waals surface area contributed by atoms with Crippen LogP contribution in [0.15, 0.2) is 22.3 Å². The average molecular weight is 370 g/mol. The summed E-state index contributed by atoms with van der Waals surface area (Å²) in [6.07, 6.45) is 4.19. The summed E-state index contributed by atoms with van der Waals surface area (Å²) in [4.78, 5) is 19.0. The fourth-order valence-electron chi connectivity index (χ4n) is 2.97. The lowest BCUT2D eigenvalue weighted by atomic mass is 10.2. The largest absolute Gasteiger partial charge is 0.322 e. The number of aliphatic imine (C=N–C) groups is 1. The lowest BCUT2D eigenvalue weighted by Gasteiger charge is -2.19. The van der Waals surface area contributed by atoms with Crippen molar-refractivity contribution < 1.29 is 4.79 Å². The molecule has 8 heteroatoms. The summed E-state index contributed by atoms with van der Waals surface area (Å²) in [6, 6.07) is 0.317. The molecule has 6 nitrogen and oxygen atoms in total. The Morgan fingerprint density at radius 1 is 1.42 bits per heavy atom. The topological polar surface area (TPSA) is 62.5 Å². The highest BCUT2D eigenvalue weighted by Gasteiger charge is 2.27. The van der Waals surface area contributed by atoms with Gasteiger partial charge in [0.15, 0.2) is 5.17 Å². The summed E-state index contributed by atoms with van der Waals surface area (Å²) in [6.45, 7) is 7.97. The zero-order valence-corrected chi connectivity index (χ0v) is 15.9. The Labute approximate surface area is 153 Å². The van der Waals surface area contributed by atoms with Crippen molar-refractivity contribution in [3.05, 3.63) is 22.9 Å². The van der Waals surface area contributed by atoms with Crippen LogP contribution in [0, 0.1) is 6.92 Å². The van der Waals surface area contributed by atoms with Gasteiger partial charge in [0.25, 0.3) is 0 Å². The molecule has 0 fully saturated rings. The Morgan fingerprint density at radius 3 is 2.88 bits per heavy atom.